The Morgan fingerprint density at radius 2 is 1.73 bits per heavy atom. The number of hydrogen-bond donors (Lipinski definition) is 2. The van der Waals surface area contributed by atoms with Gasteiger partial charge in [-0.05, 0) is 30.9 Å². The summed E-state index contributed by atoms with van der Waals surface area (Å²) >= 11 is 0. The van der Waals surface area contributed by atoms with Crippen molar-refractivity contribution in [3.8, 4) is 0 Å². The lowest BCUT2D eigenvalue weighted by atomic mass is 10.0. The Bertz CT molecular complexity index is 572. The molecular formula is C15H17F3N2O2. The third-order valence-corrected chi connectivity index (χ3v) is 3.70. The van der Waals surface area contributed by atoms with Crippen molar-refractivity contribution in [3.63, 3.8) is 0 Å². The monoisotopic (exact) mass is 314 g/mol. The van der Waals surface area contributed by atoms with E-state index in [2.05, 4.69) is 10.6 Å². The fourth-order valence-corrected chi connectivity index (χ4v) is 2.54. The highest BCUT2D eigenvalue weighted by Crippen LogP contribution is 2.27. The third-order valence-electron chi connectivity index (χ3n) is 3.70. The van der Waals surface area contributed by atoms with Crippen molar-refractivity contribution in [2.24, 2.45) is 5.92 Å². The average molecular weight is 314 g/mol. The van der Waals surface area contributed by atoms with Crippen molar-refractivity contribution in [3.05, 3.63) is 29.6 Å². The van der Waals surface area contributed by atoms with Crippen molar-refractivity contribution in [2.75, 3.05) is 11.9 Å². The predicted molar refractivity (Wildman–Crippen MR) is 74.5 cm³/mol. The molecule has 0 radical (unpaired) electrons. The van der Waals surface area contributed by atoms with Crippen LogP contribution in [0, 0.1) is 23.4 Å². The Morgan fingerprint density at radius 1 is 1.05 bits per heavy atom. The van der Waals surface area contributed by atoms with Crippen LogP contribution in [0.2, 0.25) is 0 Å². The fraction of sp³-hybridized carbons (Fsp3) is 0.467. The van der Waals surface area contributed by atoms with E-state index in [1.807, 2.05) is 0 Å². The summed E-state index contributed by atoms with van der Waals surface area (Å²) in [5, 5.41) is 4.53. The van der Waals surface area contributed by atoms with Crippen LogP contribution in [0.4, 0.5) is 18.9 Å². The summed E-state index contributed by atoms with van der Waals surface area (Å²) in [6.45, 7) is -0.343. The maximum absolute atomic E-state index is 13.4. The van der Waals surface area contributed by atoms with Crippen molar-refractivity contribution in [1.29, 1.82) is 0 Å². The highest BCUT2D eigenvalue weighted by molar-refractivity contribution is 5.94. The van der Waals surface area contributed by atoms with E-state index in [1.54, 1.807) is 0 Å². The molecular weight excluding hydrogens is 297 g/mol. The number of benzene rings is 1. The number of amides is 2. The Labute approximate surface area is 126 Å². The van der Waals surface area contributed by atoms with E-state index >= 15 is 0 Å². The van der Waals surface area contributed by atoms with E-state index in [-0.39, 0.29) is 12.5 Å². The smallest absolute Gasteiger partial charge is 0.243 e. The van der Waals surface area contributed by atoms with Gasteiger partial charge in [-0.2, -0.15) is 0 Å². The predicted octanol–water partition coefficient (Wildman–Crippen LogP) is 2.74. The molecule has 7 heteroatoms. The van der Waals surface area contributed by atoms with Gasteiger partial charge in [-0.3, -0.25) is 9.59 Å². The second-order valence-corrected chi connectivity index (χ2v) is 5.40. The van der Waals surface area contributed by atoms with Gasteiger partial charge >= 0.3 is 0 Å². The molecule has 0 heterocycles. The summed E-state index contributed by atoms with van der Waals surface area (Å²) < 4.78 is 39.1. The molecule has 1 fully saturated rings. The minimum absolute atomic E-state index is 0.243. The summed E-state index contributed by atoms with van der Waals surface area (Å²) in [6, 6.07) is 1.64. The molecule has 2 rings (SSSR count). The van der Waals surface area contributed by atoms with Crippen LogP contribution in [0.3, 0.4) is 0 Å². The fourth-order valence-electron chi connectivity index (χ4n) is 2.54. The van der Waals surface area contributed by atoms with E-state index < -0.39 is 29.0 Å². The molecule has 0 aromatic heterocycles. The zero-order chi connectivity index (χ0) is 16.1. The molecule has 1 aliphatic carbocycles. The third kappa shape index (κ3) is 4.22. The number of anilines is 1. The normalized spacial score (nSPS) is 14.9. The second-order valence-electron chi connectivity index (χ2n) is 5.40. The molecule has 1 aromatic rings. The van der Waals surface area contributed by atoms with Crippen LogP contribution in [0.1, 0.15) is 32.1 Å². The van der Waals surface area contributed by atoms with Crippen LogP contribution in [0.25, 0.3) is 0 Å². The molecule has 1 saturated carbocycles. The van der Waals surface area contributed by atoms with Gasteiger partial charge in [0, 0.05) is 6.42 Å². The summed E-state index contributed by atoms with van der Waals surface area (Å²) in [5.74, 6) is -5.04. The van der Waals surface area contributed by atoms with Gasteiger partial charge in [0.05, 0.1) is 12.2 Å². The van der Waals surface area contributed by atoms with Crippen LogP contribution in [0.5, 0.6) is 0 Å². The van der Waals surface area contributed by atoms with E-state index in [1.165, 1.54) is 0 Å². The number of carbonyl (C=O) groups is 2. The average Bonchev–Trinajstić information content (AvgIpc) is 2.99. The van der Waals surface area contributed by atoms with Crippen LogP contribution in [0.15, 0.2) is 12.1 Å². The first-order chi connectivity index (χ1) is 10.5. The first-order valence-corrected chi connectivity index (χ1v) is 7.17. The summed E-state index contributed by atoms with van der Waals surface area (Å²) in [4.78, 5) is 23.2. The van der Waals surface area contributed by atoms with Crippen molar-refractivity contribution in [2.45, 2.75) is 32.1 Å². The molecule has 22 heavy (non-hydrogen) atoms. The number of rotatable bonds is 5. The van der Waals surface area contributed by atoms with Crippen molar-refractivity contribution in [1.82, 2.24) is 5.32 Å². The highest BCUT2D eigenvalue weighted by atomic mass is 19.2. The Balaban J connectivity index is 1.80. The molecule has 4 nitrogen and oxygen atoms in total. The van der Waals surface area contributed by atoms with Gasteiger partial charge in [-0.15, -0.1) is 0 Å². The van der Waals surface area contributed by atoms with Gasteiger partial charge in [-0.25, -0.2) is 13.2 Å². The Hall–Kier alpha value is -2.05. The molecule has 0 unspecified atom stereocenters. The van der Waals surface area contributed by atoms with Crippen LogP contribution < -0.4 is 10.6 Å². The van der Waals surface area contributed by atoms with E-state index in [4.69, 9.17) is 0 Å². The minimum Gasteiger partial charge on any atom is -0.347 e. The van der Waals surface area contributed by atoms with Crippen LogP contribution >= 0.6 is 0 Å². The van der Waals surface area contributed by atoms with Crippen LogP contribution in [-0.2, 0) is 9.59 Å². The number of nitrogens with one attached hydrogen (secondary N) is 2. The molecule has 1 aromatic carbocycles. The lowest BCUT2D eigenvalue weighted by Gasteiger charge is -2.10. The number of hydrogen-bond acceptors (Lipinski definition) is 2. The van der Waals surface area contributed by atoms with E-state index in [0.29, 0.717) is 18.4 Å². The second kappa shape index (κ2) is 7.29. The summed E-state index contributed by atoms with van der Waals surface area (Å²) in [5.41, 5.74) is -0.464. The van der Waals surface area contributed by atoms with Crippen molar-refractivity contribution >= 4 is 17.5 Å². The van der Waals surface area contributed by atoms with E-state index in [9.17, 15) is 22.8 Å². The van der Waals surface area contributed by atoms with Gasteiger partial charge in [0.25, 0.3) is 0 Å². The molecule has 0 aliphatic heterocycles. The van der Waals surface area contributed by atoms with Gasteiger partial charge in [0.2, 0.25) is 11.8 Å². The molecule has 2 amide bonds. The minimum atomic E-state index is -1.65. The molecule has 0 atom stereocenters. The molecule has 2 N–H and O–H groups in total. The lowest BCUT2D eigenvalue weighted by molar-refractivity contribution is -0.124. The Morgan fingerprint density at radius 3 is 2.41 bits per heavy atom. The lowest BCUT2D eigenvalue weighted by Crippen LogP contribution is -2.33. The highest BCUT2D eigenvalue weighted by Gasteiger charge is 2.19. The summed E-state index contributed by atoms with van der Waals surface area (Å²) in [6.07, 6.45) is 4.63. The number of halogens is 3. The van der Waals surface area contributed by atoms with Gasteiger partial charge in [0.15, 0.2) is 17.5 Å². The first-order valence-electron chi connectivity index (χ1n) is 7.17. The van der Waals surface area contributed by atoms with Gasteiger partial charge < -0.3 is 10.6 Å². The standard InChI is InChI=1S/C15H17F3N2O2/c16-10-5-6-11(15(18)14(10)17)20-13(22)8-19-12(21)7-9-3-1-2-4-9/h5-6,9H,1-4,7-8H2,(H,19,21)(H,20,22). The molecule has 0 bridgehead atoms. The Kier molecular flexibility index (Phi) is 5.41. The zero-order valence-corrected chi connectivity index (χ0v) is 11.9. The topological polar surface area (TPSA) is 58.2 Å². The maximum Gasteiger partial charge on any atom is 0.243 e. The SMILES string of the molecule is O=C(CC1CCCC1)NCC(=O)Nc1ccc(F)c(F)c1F. The molecule has 1 aliphatic rings. The van der Waals surface area contributed by atoms with Gasteiger partial charge in [0.1, 0.15) is 0 Å². The van der Waals surface area contributed by atoms with Crippen LogP contribution in [-0.4, -0.2) is 18.4 Å². The zero-order valence-electron chi connectivity index (χ0n) is 11.9. The van der Waals surface area contributed by atoms with Gasteiger partial charge in [-0.1, -0.05) is 12.8 Å². The molecule has 120 valence electrons. The van der Waals surface area contributed by atoms with E-state index in [0.717, 1.165) is 31.7 Å². The largest absolute Gasteiger partial charge is 0.347 e. The van der Waals surface area contributed by atoms with Crippen molar-refractivity contribution < 1.29 is 22.8 Å². The first kappa shape index (κ1) is 16.3. The molecule has 0 spiro atoms. The molecule has 0 saturated heterocycles. The maximum atomic E-state index is 13.4. The summed E-state index contributed by atoms with van der Waals surface area (Å²) in [7, 11) is 0. The number of carbonyl (C=O) groups excluding carboxylic acids is 2. The quantitative estimate of drug-likeness (QED) is 0.821.